The summed E-state index contributed by atoms with van der Waals surface area (Å²) in [6, 6.07) is 8.39. The van der Waals surface area contributed by atoms with E-state index < -0.39 is 5.54 Å². The SMILES string of the molecule is CC1(C)C(=O)NC(=O)CN1CC1CSc2ccccc21. The summed E-state index contributed by atoms with van der Waals surface area (Å²) in [7, 11) is 0. The third kappa shape index (κ3) is 2.25. The molecule has 1 saturated heterocycles. The van der Waals surface area contributed by atoms with Gasteiger partial charge in [-0.1, -0.05) is 18.2 Å². The van der Waals surface area contributed by atoms with Gasteiger partial charge >= 0.3 is 0 Å². The molecule has 3 rings (SSSR count). The number of amides is 2. The van der Waals surface area contributed by atoms with Gasteiger partial charge in [-0.3, -0.25) is 19.8 Å². The van der Waals surface area contributed by atoms with Crippen LogP contribution in [0.3, 0.4) is 0 Å². The highest BCUT2D eigenvalue weighted by Crippen LogP contribution is 2.40. The molecule has 0 aromatic heterocycles. The number of thioether (sulfide) groups is 1. The fourth-order valence-electron chi connectivity index (χ4n) is 2.77. The van der Waals surface area contributed by atoms with Crippen molar-refractivity contribution in [1.82, 2.24) is 10.2 Å². The number of imide groups is 1. The molecule has 1 atom stereocenters. The van der Waals surface area contributed by atoms with E-state index in [2.05, 4.69) is 29.6 Å². The number of nitrogens with zero attached hydrogens (tertiary/aromatic N) is 1. The first-order valence-electron chi connectivity index (χ1n) is 6.79. The monoisotopic (exact) mass is 290 g/mol. The van der Waals surface area contributed by atoms with Crippen molar-refractivity contribution in [2.45, 2.75) is 30.2 Å². The number of hydrogen-bond donors (Lipinski definition) is 1. The van der Waals surface area contributed by atoms with E-state index in [0.717, 1.165) is 12.3 Å². The molecule has 2 aliphatic rings. The molecule has 2 aliphatic heterocycles. The van der Waals surface area contributed by atoms with E-state index in [1.54, 1.807) is 0 Å². The van der Waals surface area contributed by atoms with Gasteiger partial charge in [0, 0.05) is 23.1 Å². The van der Waals surface area contributed by atoms with Crippen LogP contribution in [-0.4, -0.2) is 41.1 Å². The molecule has 1 unspecified atom stereocenters. The minimum atomic E-state index is -0.629. The Hall–Kier alpha value is -1.33. The Balaban J connectivity index is 1.81. The first-order chi connectivity index (χ1) is 9.48. The van der Waals surface area contributed by atoms with Crippen molar-refractivity contribution in [3.05, 3.63) is 29.8 Å². The fraction of sp³-hybridized carbons (Fsp3) is 0.467. The zero-order valence-corrected chi connectivity index (χ0v) is 12.5. The lowest BCUT2D eigenvalue weighted by Crippen LogP contribution is -2.64. The van der Waals surface area contributed by atoms with Crippen LogP contribution in [0, 0.1) is 0 Å². The van der Waals surface area contributed by atoms with Crippen LogP contribution >= 0.6 is 11.8 Å². The number of fused-ring (bicyclic) bond motifs is 1. The van der Waals surface area contributed by atoms with Gasteiger partial charge in [0.15, 0.2) is 0 Å². The molecule has 0 aliphatic carbocycles. The first kappa shape index (κ1) is 13.6. The maximum Gasteiger partial charge on any atom is 0.246 e. The molecule has 2 heterocycles. The van der Waals surface area contributed by atoms with E-state index in [4.69, 9.17) is 0 Å². The lowest BCUT2D eigenvalue weighted by atomic mass is 9.94. The molecule has 0 saturated carbocycles. The Bertz CT molecular complexity index is 571. The molecular weight excluding hydrogens is 272 g/mol. The summed E-state index contributed by atoms with van der Waals surface area (Å²) in [5.41, 5.74) is 0.711. The maximum atomic E-state index is 12.0. The number of hydrogen-bond acceptors (Lipinski definition) is 4. The summed E-state index contributed by atoms with van der Waals surface area (Å²) in [6.45, 7) is 4.80. The fourth-order valence-corrected chi connectivity index (χ4v) is 4.01. The van der Waals surface area contributed by atoms with E-state index in [1.807, 2.05) is 30.5 Å². The van der Waals surface area contributed by atoms with E-state index in [-0.39, 0.29) is 11.8 Å². The van der Waals surface area contributed by atoms with Crippen LogP contribution in [0.15, 0.2) is 29.2 Å². The predicted molar refractivity (Wildman–Crippen MR) is 78.7 cm³/mol. The van der Waals surface area contributed by atoms with Gasteiger partial charge in [-0.15, -0.1) is 11.8 Å². The summed E-state index contributed by atoms with van der Waals surface area (Å²) in [5.74, 6) is 0.997. The highest BCUT2D eigenvalue weighted by molar-refractivity contribution is 7.99. The molecule has 106 valence electrons. The highest BCUT2D eigenvalue weighted by atomic mass is 32.2. The summed E-state index contributed by atoms with van der Waals surface area (Å²) in [5, 5.41) is 2.42. The Morgan fingerprint density at radius 3 is 2.90 bits per heavy atom. The average molecular weight is 290 g/mol. The van der Waals surface area contributed by atoms with Crippen LogP contribution < -0.4 is 5.32 Å². The van der Waals surface area contributed by atoms with Crippen LogP contribution in [0.5, 0.6) is 0 Å². The molecule has 1 fully saturated rings. The maximum absolute atomic E-state index is 12.0. The van der Waals surface area contributed by atoms with Gasteiger partial charge in [-0.25, -0.2) is 0 Å². The van der Waals surface area contributed by atoms with Gasteiger partial charge in [0.05, 0.1) is 12.1 Å². The lowest BCUT2D eigenvalue weighted by molar-refractivity contribution is -0.145. The molecule has 2 amide bonds. The zero-order chi connectivity index (χ0) is 14.3. The Morgan fingerprint density at radius 1 is 1.35 bits per heavy atom. The second-order valence-electron chi connectivity index (χ2n) is 5.86. The molecule has 20 heavy (non-hydrogen) atoms. The highest BCUT2D eigenvalue weighted by Gasteiger charge is 2.42. The van der Waals surface area contributed by atoms with Crippen LogP contribution in [0.2, 0.25) is 0 Å². The topological polar surface area (TPSA) is 49.4 Å². The van der Waals surface area contributed by atoms with E-state index in [9.17, 15) is 9.59 Å². The summed E-state index contributed by atoms with van der Waals surface area (Å²) in [6.07, 6.45) is 0. The number of rotatable bonds is 2. The third-order valence-corrected chi connectivity index (χ3v) is 5.43. The first-order valence-corrected chi connectivity index (χ1v) is 7.78. The lowest BCUT2D eigenvalue weighted by Gasteiger charge is -2.41. The molecule has 0 radical (unpaired) electrons. The largest absolute Gasteiger partial charge is 0.294 e. The Morgan fingerprint density at radius 2 is 2.10 bits per heavy atom. The molecule has 1 N–H and O–H groups in total. The van der Waals surface area contributed by atoms with E-state index in [0.29, 0.717) is 12.5 Å². The number of piperazine rings is 1. The van der Waals surface area contributed by atoms with Gasteiger partial charge in [-0.2, -0.15) is 0 Å². The van der Waals surface area contributed by atoms with Crippen LogP contribution in [0.4, 0.5) is 0 Å². The minimum absolute atomic E-state index is 0.201. The Kier molecular flexibility index (Phi) is 3.34. The second-order valence-corrected chi connectivity index (χ2v) is 6.92. The standard InChI is InChI=1S/C15H18N2O2S/c1-15(2)14(19)16-13(18)8-17(15)7-10-9-20-12-6-4-3-5-11(10)12/h3-6,10H,7-9H2,1-2H3,(H,16,18,19). The van der Waals surface area contributed by atoms with Crippen molar-refractivity contribution in [3.63, 3.8) is 0 Å². The molecule has 4 nitrogen and oxygen atoms in total. The van der Waals surface area contributed by atoms with Crippen molar-refractivity contribution in [2.24, 2.45) is 0 Å². The summed E-state index contributed by atoms with van der Waals surface area (Å²) >= 11 is 1.85. The summed E-state index contributed by atoms with van der Waals surface area (Å²) in [4.78, 5) is 26.9. The van der Waals surface area contributed by atoms with Crippen molar-refractivity contribution >= 4 is 23.6 Å². The predicted octanol–water partition coefficient (Wildman–Crippen LogP) is 1.61. The molecule has 0 spiro atoms. The van der Waals surface area contributed by atoms with E-state index >= 15 is 0 Å². The molecule has 1 aromatic rings. The van der Waals surface area contributed by atoms with Crippen molar-refractivity contribution < 1.29 is 9.59 Å². The van der Waals surface area contributed by atoms with Crippen molar-refractivity contribution in [1.29, 1.82) is 0 Å². The van der Waals surface area contributed by atoms with Crippen LogP contribution in [-0.2, 0) is 9.59 Å². The smallest absolute Gasteiger partial charge is 0.246 e. The van der Waals surface area contributed by atoms with Gasteiger partial charge < -0.3 is 0 Å². The number of carbonyl (C=O) groups is 2. The summed E-state index contributed by atoms with van der Waals surface area (Å²) < 4.78 is 0. The Labute approximate surface area is 122 Å². The number of benzene rings is 1. The number of carbonyl (C=O) groups excluding carboxylic acids is 2. The van der Waals surface area contributed by atoms with Crippen molar-refractivity contribution in [3.8, 4) is 0 Å². The van der Waals surface area contributed by atoms with Gasteiger partial charge in [0.25, 0.3) is 0 Å². The quantitative estimate of drug-likeness (QED) is 0.841. The molecule has 1 aromatic carbocycles. The molecule has 5 heteroatoms. The zero-order valence-electron chi connectivity index (χ0n) is 11.7. The van der Waals surface area contributed by atoms with Gasteiger partial charge in [0.2, 0.25) is 11.8 Å². The normalized spacial score (nSPS) is 25.4. The van der Waals surface area contributed by atoms with E-state index in [1.165, 1.54) is 10.5 Å². The van der Waals surface area contributed by atoms with Crippen LogP contribution in [0.25, 0.3) is 0 Å². The van der Waals surface area contributed by atoms with Crippen LogP contribution in [0.1, 0.15) is 25.3 Å². The number of nitrogens with one attached hydrogen (secondary N) is 1. The third-order valence-electron chi connectivity index (χ3n) is 4.17. The minimum Gasteiger partial charge on any atom is -0.294 e. The van der Waals surface area contributed by atoms with Crippen molar-refractivity contribution in [2.75, 3.05) is 18.8 Å². The molecular formula is C15H18N2O2S. The van der Waals surface area contributed by atoms with Gasteiger partial charge in [0.1, 0.15) is 0 Å². The second kappa shape index (κ2) is 4.90. The molecule has 0 bridgehead atoms. The average Bonchev–Trinajstić information content (AvgIpc) is 2.80. The van der Waals surface area contributed by atoms with Gasteiger partial charge in [-0.05, 0) is 25.5 Å².